The monoisotopic (exact) mass is 314 g/mol. The van der Waals surface area contributed by atoms with E-state index in [1.807, 2.05) is 0 Å². The number of carboxylic acids is 1. The van der Waals surface area contributed by atoms with Gasteiger partial charge in [-0.05, 0) is 42.2 Å². The van der Waals surface area contributed by atoms with Gasteiger partial charge in [0.05, 0.1) is 6.42 Å². The number of carbonyl (C=O) groups excluding carboxylic acids is 1. The highest BCUT2D eigenvalue weighted by Gasteiger charge is 2.08. The van der Waals surface area contributed by atoms with Crippen LogP contribution in [0.5, 0.6) is 11.5 Å². The summed E-state index contributed by atoms with van der Waals surface area (Å²) < 4.78 is 5.22. The molecule has 0 radical (unpaired) electrons. The summed E-state index contributed by atoms with van der Waals surface area (Å²) in [5.74, 6) is -0.634. The van der Waals surface area contributed by atoms with Crippen LogP contribution in [0.15, 0.2) is 48.5 Å². The van der Waals surface area contributed by atoms with Gasteiger partial charge in [0, 0.05) is 6.42 Å². The van der Waals surface area contributed by atoms with Crippen LogP contribution in [-0.2, 0) is 22.4 Å². The second kappa shape index (κ2) is 7.98. The van der Waals surface area contributed by atoms with Crippen LogP contribution >= 0.6 is 0 Å². The Labute approximate surface area is 134 Å². The van der Waals surface area contributed by atoms with Crippen LogP contribution in [0.2, 0.25) is 0 Å². The van der Waals surface area contributed by atoms with Gasteiger partial charge in [-0.15, -0.1) is 0 Å². The number of hydrogen-bond donors (Lipinski definition) is 2. The first-order valence-electron chi connectivity index (χ1n) is 7.33. The van der Waals surface area contributed by atoms with Gasteiger partial charge >= 0.3 is 11.9 Å². The van der Waals surface area contributed by atoms with Gasteiger partial charge in [0.25, 0.3) is 0 Å². The van der Waals surface area contributed by atoms with E-state index < -0.39 is 5.97 Å². The highest BCUT2D eigenvalue weighted by atomic mass is 16.5. The molecule has 0 saturated heterocycles. The molecule has 120 valence electrons. The molecule has 0 amide bonds. The van der Waals surface area contributed by atoms with Crippen LogP contribution in [0.4, 0.5) is 0 Å². The first-order chi connectivity index (χ1) is 11.0. The number of esters is 1. The molecule has 5 heteroatoms. The second-order valence-corrected chi connectivity index (χ2v) is 5.14. The van der Waals surface area contributed by atoms with E-state index in [2.05, 4.69) is 0 Å². The van der Waals surface area contributed by atoms with Crippen LogP contribution in [0.25, 0.3) is 0 Å². The number of rotatable bonds is 7. The molecule has 0 saturated carbocycles. The largest absolute Gasteiger partial charge is 0.508 e. The van der Waals surface area contributed by atoms with Crippen molar-refractivity contribution < 1.29 is 24.5 Å². The molecule has 2 N–H and O–H groups in total. The van der Waals surface area contributed by atoms with E-state index in [1.165, 1.54) is 0 Å². The smallest absolute Gasteiger partial charge is 0.311 e. The molecule has 0 unspecified atom stereocenters. The minimum atomic E-state index is -0.843. The molecule has 23 heavy (non-hydrogen) atoms. The zero-order valence-electron chi connectivity index (χ0n) is 12.6. The third-order valence-electron chi connectivity index (χ3n) is 3.37. The fourth-order valence-corrected chi connectivity index (χ4v) is 2.12. The molecule has 5 nitrogen and oxygen atoms in total. The minimum absolute atomic E-state index is 0.0691. The fraction of sp³-hybridized carbons (Fsp3) is 0.222. The third-order valence-corrected chi connectivity index (χ3v) is 3.37. The summed E-state index contributed by atoms with van der Waals surface area (Å²) in [7, 11) is 0. The molecule has 0 spiro atoms. The van der Waals surface area contributed by atoms with E-state index >= 15 is 0 Å². The number of aromatic hydroxyl groups is 1. The molecule has 2 aromatic carbocycles. The topological polar surface area (TPSA) is 83.8 Å². The summed E-state index contributed by atoms with van der Waals surface area (Å²) >= 11 is 0. The third kappa shape index (κ3) is 5.47. The van der Waals surface area contributed by atoms with Gasteiger partial charge in [-0.3, -0.25) is 9.59 Å². The predicted molar refractivity (Wildman–Crippen MR) is 84.5 cm³/mol. The van der Waals surface area contributed by atoms with Crippen LogP contribution in [-0.4, -0.2) is 22.2 Å². The van der Waals surface area contributed by atoms with Crippen molar-refractivity contribution in [1.29, 1.82) is 0 Å². The van der Waals surface area contributed by atoms with Gasteiger partial charge < -0.3 is 14.9 Å². The van der Waals surface area contributed by atoms with Crippen molar-refractivity contribution in [3.05, 3.63) is 59.7 Å². The van der Waals surface area contributed by atoms with Crippen molar-refractivity contribution in [2.75, 3.05) is 0 Å². The Morgan fingerprint density at radius 3 is 2.26 bits per heavy atom. The maximum Gasteiger partial charge on any atom is 0.311 e. The van der Waals surface area contributed by atoms with Crippen molar-refractivity contribution in [3.8, 4) is 11.5 Å². The summed E-state index contributed by atoms with van der Waals surface area (Å²) in [6.45, 7) is 0. The van der Waals surface area contributed by atoms with E-state index in [-0.39, 0.29) is 24.6 Å². The molecule has 0 fully saturated rings. The lowest BCUT2D eigenvalue weighted by molar-refractivity contribution is -0.137. The standard InChI is InChI=1S/C18H18O5/c19-16-4-2-1-3-14(16)8-12-18(22)23-15-9-5-13(6-10-15)7-11-17(20)21/h1-6,9-10,19H,7-8,11-12H2,(H,20,21). The molecule has 0 aliphatic rings. The first kappa shape index (κ1) is 16.5. The molecule has 2 rings (SSSR count). The number of carboxylic acid groups (broad SMARTS) is 1. The van der Waals surface area contributed by atoms with Gasteiger partial charge in [-0.25, -0.2) is 0 Å². The van der Waals surface area contributed by atoms with Crippen LogP contribution in [0.1, 0.15) is 24.0 Å². The summed E-state index contributed by atoms with van der Waals surface area (Å²) in [4.78, 5) is 22.3. The van der Waals surface area contributed by atoms with Gasteiger partial charge in [0.2, 0.25) is 0 Å². The Balaban J connectivity index is 1.83. The quantitative estimate of drug-likeness (QED) is 0.606. The average molecular weight is 314 g/mol. The summed E-state index contributed by atoms with van der Waals surface area (Å²) in [6.07, 6.45) is 1.08. The van der Waals surface area contributed by atoms with E-state index in [9.17, 15) is 14.7 Å². The predicted octanol–water partition coefficient (Wildman–Crippen LogP) is 2.95. The second-order valence-electron chi connectivity index (χ2n) is 5.14. The Morgan fingerprint density at radius 1 is 0.913 bits per heavy atom. The molecule has 0 aliphatic carbocycles. The maximum absolute atomic E-state index is 11.8. The average Bonchev–Trinajstić information content (AvgIpc) is 2.53. The fourth-order valence-electron chi connectivity index (χ4n) is 2.12. The lowest BCUT2D eigenvalue weighted by atomic mass is 10.1. The van der Waals surface area contributed by atoms with Gasteiger partial charge in [0.1, 0.15) is 11.5 Å². The van der Waals surface area contributed by atoms with Crippen molar-refractivity contribution >= 4 is 11.9 Å². The van der Waals surface area contributed by atoms with Crippen LogP contribution in [0.3, 0.4) is 0 Å². The van der Waals surface area contributed by atoms with Crippen LogP contribution in [0, 0.1) is 0 Å². The Morgan fingerprint density at radius 2 is 1.61 bits per heavy atom. The molecular weight excluding hydrogens is 296 g/mol. The van der Waals surface area contributed by atoms with E-state index in [4.69, 9.17) is 9.84 Å². The molecule has 0 bridgehead atoms. The molecule has 0 aliphatic heterocycles. The number of benzene rings is 2. The molecule has 2 aromatic rings. The lowest BCUT2D eigenvalue weighted by Gasteiger charge is -2.06. The maximum atomic E-state index is 11.8. The van der Waals surface area contributed by atoms with Crippen molar-refractivity contribution in [3.63, 3.8) is 0 Å². The molecule has 0 heterocycles. The number of aliphatic carboxylic acids is 1. The molecule has 0 atom stereocenters. The normalized spacial score (nSPS) is 10.3. The first-order valence-corrected chi connectivity index (χ1v) is 7.33. The Bertz CT molecular complexity index is 676. The van der Waals surface area contributed by atoms with Gasteiger partial charge in [-0.1, -0.05) is 30.3 Å². The van der Waals surface area contributed by atoms with E-state index in [0.717, 1.165) is 5.56 Å². The Hall–Kier alpha value is -2.82. The number of ether oxygens (including phenoxy) is 1. The van der Waals surface area contributed by atoms with E-state index in [0.29, 0.717) is 24.2 Å². The highest BCUT2D eigenvalue weighted by Crippen LogP contribution is 2.18. The number of phenolic OH excluding ortho intramolecular Hbond substituents is 1. The SMILES string of the molecule is O=C(O)CCc1ccc(OC(=O)CCc2ccccc2O)cc1. The zero-order chi connectivity index (χ0) is 16.7. The number of carbonyl (C=O) groups is 2. The van der Waals surface area contributed by atoms with Gasteiger partial charge in [-0.2, -0.15) is 0 Å². The number of aryl methyl sites for hydroxylation is 2. The molecular formula is C18H18O5. The van der Waals surface area contributed by atoms with Gasteiger partial charge in [0.15, 0.2) is 0 Å². The van der Waals surface area contributed by atoms with Crippen molar-refractivity contribution in [2.45, 2.75) is 25.7 Å². The number of para-hydroxylation sites is 1. The summed E-state index contributed by atoms with van der Waals surface area (Å²) in [5.41, 5.74) is 1.58. The minimum Gasteiger partial charge on any atom is -0.508 e. The molecule has 0 aromatic heterocycles. The van der Waals surface area contributed by atoms with Crippen molar-refractivity contribution in [1.82, 2.24) is 0 Å². The van der Waals surface area contributed by atoms with Crippen molar-refractivity contribution in [2.24, 2.45) is 0 Å². The Kier molecular flexibility index (Phi) is 5.74. The lowest BCUT2D eigenvalue weighted by Crippen LogP contribution is -2.09. The highest BCUT2D eigenvalue weighted by molar-refractivity contribution is 5.72. The van der Waals surface area contributed by atoms with Crippen LogP contribution < -0.4 is 4.74 Å². The number of phenols is 1. The van der Waals surface area contributed by atoms with E-state index in [1.54, 1.807) is 48.5 Å². The zero-order valence-corrected chi connectivity index (χ0v) is 12.6. The summed E-state index contributed by atoms with van der Waals surface area (Å²) in [5, 5.41) is 18.3. The number of hydrogen-bond acceptors (Lipinski definition) is 4. The summed E-state index contributed by atoms with van der Waals surface area (Å²) in [6, 6.07) is 13.7.